The molecule has 3 aromatic rings. The van der Waals surface area contributed by atoms with E-state index in [1.54, 1.807) is 36.4 Å². The fourth-order valence-corrected chi connectivity index (χ4v) is 4.03. The van der Waals surface area contributed by atoms with Gasteiger partial charge in [0.25, 0.3) is 5.91 Å². The molecule has 0 aliphatic carbocycles. The van der Waals surface area contributed by atoms with Crippen LogP contribution >= 0.6 is 0 Å². The van der Waals surface area contributed by atoms with E-state index < -0.39 is 5.54 Å². The van der Waals surface area contributed by atoms with Crippen LogP contribution in [0.15, 0.2) is 59.1 Å². The Labute approximate surface area is 180 Å². The highest BCUT2D eigenvalue weighted by molar-refractivity contribution is 5.79. The molecule has 1 fully saturated rings. The van der Waals surface area contributed by atoms with Crippen molar-refractivity contribution < 1.29 is 23.1 Å². The van der Waals surface area contributed by atoms with Gasteiger partial charge in [0.1, 0.15) is 17.1 Å². The summed E-state index contributed by atoms with van der Waals surface area (Å²) >= 11 is 0. The Bertz CT molecular complexity index is 1070. The number of carbonyl (C=O) groups is 1. The minimum absolute atomic E-state index is 0.104. The number of likely N-dealkylation sites (tertiary alicyclic amines) is 1. The number of carbonyl (C=O) groups excluding carboxylic acids is 1. The van der Waals surface area contributed by atoms with E-state index in [-0.39, 0.29) is 18.3 Å². The van der Waals surface area contributed by atoms with Gasteiger partial charge in [-0.15, -0.1) is 0 Å². The lowest BCUT2D eigenvalue weighted by atomic mass is 9.99. The molecule has 2 heterocycles. The normalized spacial score (nSPS) is 18.2. The number of benzene rings is 2. The van der Waals surface area contributed by atoms with Crippen LogP contribution in [-0.4, -0.2) is 36.1 Å². The molecule has 0 spiro atoms. The topological polar surface area (TPSA) is 64.8 Å². The third-order valence-electron chi connectivity index (χ3n) is 5.64. The number of hydrogen-bond donors (Lipinski definition) is 0. The van der Waals surface area contributed by atoms with Gasteiger partial charge < -0.3 is 18.8 Å². The molecule has 1 aliphatic heterocycles. The molecule has 0 N–H and O–H groups in total. The highest BCUT2D eigenvalue weighted by atomic mass is 19.1. The lowest BCUT2D eigenvalue weighted by Gasteiger charge is -2.32. The summed E-state index contributed by atoms with van der Waals surface area (Å²) in [5.41, 5.74) is 0.152. The van der Waals surface area contributed by atoms with E-state index in [0.717, 1.165) is 18.4 Å². The molecule has 7 heteroatoms. The van der Waals surface area contributed by atoms with Gasteiger partial charge in [-0.25, -0.2) is 9.37 Å². The monoisotopic (exact) mass is 424 g/mol. The van der Waals surface area contributed by atoms with E-state index in [0.29, 0.717) is 36.1 Å². The molecule has 6 nitrogen and oxygen atoms in total. The highest BCUT2D eigenvalue weighted by Crippen LogP contribution is 2.38. The van der Waals surface area contributed by atoms with Gasteiger partial charge >= 0.3 is 0 Å². The van der Waals surface area contributed by atoms with Crippen LogP contribution in [-0.2, 0) is 16.8 Å². The van der Waals surface area contributed by atoms with Crippen molar-refractivity contribution in [3.63, 3.8) is 0 Å². The van der Waals surface area contributed by atoms with E-state index in [9.17, 15) is 9.18 Å². The number of hydrogen-bond acceptors (Lipinski definition) is 5. The Kier molecular flexibility index (Phi) is 5.93. The first-order chi connectivity index (χ1) is 15.0. The van der Waals surface area contributed by atoms with Crippen molar-refractivity contribution in [1.29, 1.82) is 0 Å². The summed E-state index contributed by atoms with van der Waals surface area (Å²) in [4.78, 5) is 19.2. The molecule has 4 rings (SSSR count). The SMILES string of the molecule is COc1ccccc1OCC(=O)N1CCCC1(C)c1ncc(Cc2cccc(F)c2)o1. The van der Waals surface area contributed by atoms with E-state index in [2.05, 4.69) is 4.98 Å². The lowest BCUT2D eigenvalue weighted by molar-refractivity contribution is -0.138. The van der Waals surface area contributed by atoms with Gasteiger partial charge in [0.2, 0.25) is 5.89 Å². The van der Waals surface area contributed by atoms with Crippen molar-refractivity contribution in [2.24, 2.45) is 0 Å². The largest absolute Gasteiger partial charge is 0.493 e. The zero-order valence-corrected chi connectivity index (χ0v) is 17.6. The van der Waals surface area contributed by atoms with E-state index in [1.165, 1.54) is 12.1 Å². The minimum Gasteiger partial charge on any atom is -0.493 e. The molecule has 1 aromatic heterocycles. The van der Waals surface area contributed by atoms with Gasteiger partial charge in [0.15, 0.2) is 18.1 Å². The molecule has 1 atom stereocenters. The summed E-state index contributed by atoms with van der Waals surface area (Å²) in [7, 11) is 1.56. The van der Waals surface area contributed by atoms with Crippen LogP contribution < -0.4 is 9.47 Å². The molecule has 31 heavy (non-hydrogen) atoms. The van der Waals surface area contributed by atoms with Crippen molar-refractivity contribution in [2.45, 2.75) is 31.7 Å². The van der Waals surface area contributed by atoms with Crippen molar-refractivity contribution in [2.75, 3.05) is 20.3 Å². The molecule has 0 bridgehead atoms. The van der Waals surface area contributed by atoms with Crippen LogP contribution in [0.5, 0.6) is 11.5 Å². The smallest absolute Gasteiger partial charge is 0.261 e. The van der Waals surface area contributed by atoms with Gasteiger partial charge in [-0.3, -0.25) is 4.79 Å². The van der Waals surface area contributed by atoms with Crippen LogP contribution in [0.3, 0.4) is 0 Å². The average molecular weight is 424 g/mol. The van der Waals surface area contributed by atoms with Crippen LogP contribution in [0.2, 0.25) is 0 Å². The van der Waals surface area contributed by atoms with Crippen molar-refractivity contribution >= 4 is 5.91 Å². The Morgan fingerprint density at radius 3 is 2.81 bits per heavy atom. The number of rotatable bonds is 7. The number of methoxy groups -OCH3 is 1. The van der Waals surface area contributed by atoms with Crippen LogP contribution in [0.1, 0.15) is 37.0 Å². The molecule has 1 aliphatic rings. The van der Waals surface area contributed by atoms with Crippen molar-refractivity contribution in [3.8, 4) is 11.5 Å². The summed E-state index contributed by atoms with van der Waals surface area (Å²) in [6.07, 6.45) is 3.68. The van der Waals surface area contributed by atoms with Gasteiger partial charge in [-0.05, 0) is 49.6 Å². The Hall–Kier alpha value is -3.35. The predicted molar refractivity (Wildman–Crippen MR) is 112 cm³/mol. The maximum atomic E-state index is 13.5. The second kappa shape index (κ2) is 8.79. The molecule has 0 radical (unpaired) electrons. The molecule has 2 aromatic carbocycles. The second-order valence-electron chi connectivity index (χ2n) is 7.80. The number of amides is 1. The molecule has 1 amide bonds. The fourth-order valence-electron chi connectivity index (χ4n) is 4.03. The van der Waals surface area contributed by atoms with Crippen LogP contribution in [0, 0.1) is 5.82 Å². The van der Waals surface area contributed by atoms with Gasteiger partial charge in [0.05, 0.1) is 13.3 Å². The zero-order valence-electron chi connectivity index (χ0n) is 17.6. The zero-order chi connectivity index (χ0) is 21.8. The number of para-hydroxylation sites is 2. The molecule has 1 unspecified atom stereocenters. The molecular formula is C24H25FN2O4. The molecular weight excluding hydrogens is 399 g/mol. The maximum Gasteiger partial charge on any atom is 0.261 e. The second-order valence-corrected chi connectivity index (χ2v) is 7.80. The molecule has 1 saturated heterocycles. The van der Waals surface area contributed by atoms with Gasteiger partial charge in [0, 0.05) is 13.0 Å². The molecule has 0 saturated carbocycles. The lowest BCUT2D eigenvalue weighted by Crippen LogP contribution is -2.45. The standard InChI is InChI=1S/C24H25FN2O4/c1-24(23-26-15-19(31-23)14-17-7-5-8-18(25)13-17)11-6-12-27(24)22(28)16-30-21-10-4-3-9-20(21)29-2/h3-5,7-10,13,15H,6,11-12,14,16H2,1-2H3. The Morgan fingerprint density at radius 2 is 2.03 bits per heavy atom. The van der Waals surface area contributed by atoms with Crippen molar-refractivity contribution in [3.05, 3.63) is 77.8 Å². The fraction of sp³-hybridized carbons (Fsp3) is 0.333. The average Bonchev–Trinajstić information content (AvgIpc) is 3.40. The van der Waals surface area contributed by atoms with E-state index in [1.807, 2.05) is 25.1 Å². The first-order valence-electron chi connectivity index (χ1n) is 10.3. The third-order valence-corrected chi connectivity index (χ3v) is 5.64. The number of nitrogens with zero attached hydrogens (tertiary/aromatic N) is 2. The number of oxazole rings is 1. The van der Waals surface area contributed by atoms with E-state index >= 15 is 0 Å². The predicted octanol–water partition coefficient (Wildman–Crippen LogP) is 4.33. The Morgan fingerprint density at radius 1 is 1.23 bits per heavy atom. The highest BCUT2D eigenvalue weighted by Gasteiger charge is 2.44. The summed E-state index contributed by atoms with van der Waals surface area (Å²) in [6.45, 7) is 2.46. The minimum atomic E-state index is -0.651. The molecule has 162 valence electrons. The van der Waals surface area contributed by atoms with E-state index in [4.69, 9.17) is 13.9 Å². The number of halogens is 1. The first-order valence-corrected chi connectivity index (χ1v) is 10.3. The number of ether oxygens (including phenoxy) is 2. The quantitative estimate of drug-likeness (QED) is 0.565. The number of aromatic nitrogens is 1. The van der Waals surface area contributed by atoms with Gasteiger partial charge in [-0.1, -0.05) is 24.3 Å². The van der Waals surface area contributed by atoms with Gasteiger partial charge in [-0.2, -0.15) is 0 Å². The third kappa shape index (κ3) is 4.40. The summed E-state index contributed by atoms with van der Waals surface area (Å²) in [5, 5.41) is 0. The van der Waals surface area contributed by atoms with Crippen LogP contribution in [0.4, 0.5) is 4.39 Å². The first kappa shape index (κ1) is 20.9. The van der Waals surface area contributed by atoms with Crippen LogP contribution in [0.25, 0.3) is 0 Å². The van der Waals surface area contributed by atoms with Crippen molar-refractivity contribution in [1.82, 2.24) is 9.88 Å². The maximum absolute atomic E-state index is 13.5. The summed E-state index contributed by atoms with van der Waals surface area (Å²) in [5.74, 6) is 1.79. The summed E-state index contributed by atoms with van der Waals surface area (Å²) < 4.78 is 30.5. The Balaban J connectivity index is 1.46. The summed E-state index contributed by atoms with van der Waals surface area (Å²) in [6, 6.07) is 13.6.